The Balaban J connectivity index is 1.70. The molecule has 0 bridgehead atoms. The summed E-state index contributed by atoms with van der Waals surface area (Å²) in [4.78, 5) is 4.23. The van der Waals surface area contributed by atoms with Crippen molar-refractivity contribution in [1.29, 1.82) is 0 Å². The van der Waals surface area contributed by atoms with Crippen molar-refractivity contribution < 1.29 is 18.0 Å². The molecule has 0 saturated carbocycles. The van der Waals surface area contributed by atoms with Gasteiger partial charge in [-0.25, -0.2) is 0 Å². The number of hydrogen-bond donors (Lipinski definition) is 1. The van der Waals surface area contributed by atoms with Crippen LogP contribution in [0, 0.1) is 0 Å². The van der Waals surface area contributed by atoms with Crippen LogP contribution in [-0.4, -0.2) is 16.8 Å². The summed E-state index contributed by atoms with van der Waals surface area (Å²) in [5.74, 6) is 0.447. The molecule has 0 fully saturated rings. The van der Waals surface area contributed by atoms with Crippen LogP contribution in [-0.2, 0) is 6.54 Å². The van der Waals surface area contributed by atoms with Crippen LogP contribution in [0.3, 0.4) is 0 Å². The van der Waals surface area contributed by atoms with Crippen molar-refractivity contribution in [3.63, 3.8) is 0 Å². The van der Waals surface area contributed by atoms with Crippen molar-refractivity contribution in [2.24, 2.45) is 0 Å². The molecule has 0 aliphatic carbocycles. The molecule has 5 nitrogen and oxygen atoms in total. The first-order chi connectivity index (χ1) is 12.9. The molecule has 1 unspecified atom stereocenters. The predicted octanol–water partition coefficient (Wildman–Crippen LogP) is 5.50. The Hall–Kier alpha value is -2.22. The number of nitrogens with one attached hydrogen (secondary N) is 1. The van der Waals surface area contributed by atoms with Crippen molar-refractivity contribution in [3.8, 4) is 17.1 Å². The van der Waals surface area contributed by atoms with Gasteiger partial charge in [0.1, 0.15) is 5.75 Å². The molecule has 2 aromatic carbocycles. The maximum absolute atomic E-state index is 12.5. The lowest BCUT2D eigenvalue weighted by Gasteiger charge is -2.14. The first-order valence-electron chi connectivity index (χ1n) is 7.99. The van der Waals surface area contributed by atoms with Crippen LogP contribution >= 0.6 is 23.2 Å². The average Bonchev–Trinajstić information content (AvgIpc) is 3.08. The highest BCUT2D eigenvalue weighted by Gasteiger charge is 2.17. The quantitative estimate of drug-likeness (QED) is 0.554. The standard InChI is InChI=1S/C18H15Cl2F2N3O2/c1-10(12-7-6-11(19)8-14(12)20)23-9-16-24-17(25-27-16)13-4-2-3-5-15(13)26-18(21)22/h2-8,10,18,23H,9H2,1H3. The fourth-order valence-corrected chi connectivity index (χ4v) is 3.06. The number of halogens is 4. The summed E-state index contributed by atoms with van der Waals surface area (Å²) in [7, 11) is 0. The van der Waals surface area contributed by atoms with Gasteiger partial charge in [-0.2, -0.15) is 13.8 Å². The van der Waals surface area contributed by atoms with E-state index in [1.807, 2.05) is 13.0 Å². The van der Waals surface area contributed by atoms with Crippen molar-refractivity contribution in [1.82, 2.24) is 15.5 Å². The first-order valence-corrected chi connectivity index (χ1v) is 8.74. The zero-order valence-corrected chi connectivity index (χ0v) is 15.6. The van der Waals surface area contributed by atoms with E-state index >= 15 is 0 Å². The van der Waals surface area contributed by atoms with Gasteiger partial charge in [0.2, 0.25) is 11.7 Å². The monoisotopic (exact) mass is 413 g/mol. The molecule has 1 N–H and O–H groups in total. The molecular formula is C18H15Cl2F2N3O2. The van der Waals surface area contributed by atoms with E-state index < -0.39 is 6.61 Å². The third kappa shape index (κ3) is 4.94. The van der Waals surface area contributed by atoms with E-state index in [4.69, 9.17) is 27.7 Å². The fraction of sp³-hybridized carbons (Fsp3) is 0.222. The lowest BCUT2D eigenvalue weighted by Crippen LogP contribution is -2.18. The lowest BCUT2D eigenvalue weighted by atomic mass is 10.1. The number of rotatable bonds is 7. The predicted molar refractivity (Wildman–Crippen MR) is 98.1 cm³/mol. The van der Waals surface area contributed by atoms with Gasteiger partial charge in [-0.05, 0) is 36.8 Å². The highest BCUT2D eigenvalue weighted by molar-refractivity contribution is 6.35. The van der Waals surface area contributed by atoms with Gasteiger partial charge in [0.05, 0.1) is 12.1 Å². The molecule has 3 aromatic rings. The minimum absolute atomic E-state index is 0.0193. The molecule has 1 heterocycles. The molecule has 142 valence electrons. The van der Waals surface area contributed by atoms with Gasteiger partial charge in [-0.1, -0.05) is 46.6 Å². The largest absolute Gasteiger partial charge is 0.434 e. The van der Waals surface area contributed by atoms with Crippen LogP contribution in [0.5, 0.6) is 5.75 Å². The fourth-order valence-electron chi connectivity index (χ4n) is 2.49. The Kier molecular flexibility index (Phi) is 6.26. The molecule has 0 amide bonds. The molecule has 0 saturated heterocycles. The zero-order valence-electron chi connectivity index (χ0n) is 14.1. The summed E-state index contributed by atoms with van der Waals surface area (Å²) < 4.78 is 34.8. The number of para-hydroxylation sites is 1. The lowest BCUT2D eigenvalue weighted by molar-refractivity contribution is -0.0494. The molecule has 3 rings (SSSR count). The highest BCUT2D eigenvalue weighted by Crippen LogP contribution is 2.29. The first kappa shape index (κ1) is 19.5. The van der Waals surface area contributed by atoms with Crippen LogP contribution < -0.4 is 10.1 Å². The summed E-state index contributed by atoms with van der Waals surface area (Å²) in [5, 5.41) is 8.16. The van der Waals surface area contributed by atoms with Gasteiger partial charge in [-0.3, -0.25) is 0 Å². The Morgan fingerprint density at radius 1 is 1.19 bits per heavy atom. The normalized spacial score (nSPS) is 12.4. The molecule has 0 aliphatic heterocycles. The summed E-state index contributed by atoms with van der Waals surface area (Å²) in [6.45, 7) is -0.743. The van der Waals surface area contributed by atoms with E-state index in [0.29, 0.717) is 21.5 Å². The van der Waals surface area contributed by atoms with E-state index in [1.165, 1.54) is 6.07 Å². The minimum atomic E-state index is -2.94. The van der Waals surface area contributed by atoms with Crippen LogP contribution in [0.1, 0.15) is 24.4 Å². The SMILES string of the molecule is CC(NCc1nc(-c2ccccc2OC(F)F)no1)c1ccc(Cl)cc1Cl. The van der Waals surface area contributed by atoms with Gasteiger partial charge in [0.15, 0.2) is 0 Å². The average molecular weight is 414 g/mol. The van der Waals surface area contributed by atoms with Crippen LogP contribution in [0.4, 0.5) is 8.78 Å². The zero-order chi connectivity index (χ0) is 19.4. The third-order valence-corrected chi connectivity index (χ3v) is 4.36. The van der Waals surface area contributed by atoms with Gasteiger partial charge >= 0.3 is 6.61 Å². The molecule has 1 atom stereocenters. The number of aromatic nitrogens is 2. The third-order valence-electron chi connectivity index (χ3n) is 3.80. The Morgan fingerprint density at radius 3 is 2.70 bits per heavy atom. The van der Waals surface area contributed by atoms with Gasteiger partial charge in [0.25, 0.3) is 0 Å². The number of benzene rings is 2. The van der Waals surface area contributed by atoms with E-state index in [-0.39, 0.29) is 24.2 Å². The molecule has 0 aliphatic rings. The maximum Gasteiger partial charge on any atom is 0.387 e. The van der Waals surface area contributed by atoms with Crippen molar-refractivity contribution in [3.05, 3.63) is 64.0 Å². The van der Waals surface area contributed by atoms with E-state index in [2.05, 4.69) is 20.2 Å². The van der Waals surface area contributed by atoms with Gasteiger partial charge in [0, 0.05) is 16.1 Å². The van der Waals surface area contributed by atoms with Crippen LogP contribution in [0.15, 0.2) is 47.0 Å². The Morgan fingerprint density at radius 2 is 1.96 bits per heavy atom. The van der Waals surface area contributed by atoms with Crippen LogP contribution in [0.25, 0.3) is 11.4 Å². The smallest absolute Gasteiger partial charge is 0.387 e. The Bertz CT molecular complexity index is 921. The highest BCUT2D eigenvalue weighted by atomic mass is 35.5. The van der Waals surface area contributed by atoms with Crippen molar-refractivity contribution >= 4 is 23.2 Å². The molecule has 27 heavy (non-hydrogen) atoms. The summed E-state index contributed by atoms with van der Waals surface area (Å²) in [6.07, 6.45) is 0. The second-order valence-electron chi connectivity index (χ2n) is 5.65. The van der Waals surface area contributed by atoms with Gasteiger partial charge < -0.3 is 14.6 Å². The van der Waals surface area contributed by atoms with Crippen LogP contribution in [0.2, 0.25) is 10.0 Å². The van der Waals surface area contributed by atoms with E-state index in [1.54, 1.807) is 30.3 Å². The maximum atomic E-state index is 12.5. The number of alkyl halides is 2. The molecule has 1 aromatic heterocycles. The summed E-state index contributed by atoms with van der Waals surface area (Å²) >= 11 is 12.1. The van der Waals surface area contributed by atoms with Gasteiger partial charge in [-0.15, -0.1) is 0 Å². The molecule has 9 heteroatoms. The summed E-state index contributed by atoms with van der Waals surface area (Å²) in [5.41, 5.74) is 1.19. The van der Waals surface area contributed by atoms with E-state index in [0.717, 1.165) is 5.56 Å². The topological polar surface area (TPSA) is 60.2 Å². The molecular weight excluding hydrogens is 399 g/mol. The number of ether oxygens (including phenoxy) is 1. The van der Waals surface area contributed by atoms with Crippen molar-refractivity contribution in [2.75, 3.05) is 0 Å². The Labute approximate surface area is 164 Å². The minimum Gasteiger partial charge on any atom is -0.434 e. The number of hydrogen-bond acceptors (Lipinski definition) is 5. The molecule has 0 spiro atoms. The second-order valence-corrected chi connectivity index (χ2v) is 6.50. The summed E-state index contributed by atoms with van der Waals surface area (Å²) in [6, 6.07) is 11.4. The van der Waals surface area contributed by atoms with E-state index in [9.17, 15) is 8.78 Å². The molecule has 0 radical (unpaired) electrons. The van der Waals surface area contributed by atoms with Crippen molar-refractivity contribution in [2.45, 2.75) is 26.1 Å². The second kappa shape index (κ2) is 8.65. The number of nitrogens with zero attached hydrogens (tertiary/aromatic N) is 2.